The van der Waals surface area contributed by atoms with Gasteiger partial charge in [-0.15, -0.1) is 0 Å². The second-order valence-electron chi connectivity index (χ2n) is 9.31. The molecule has 1 atom stereocenters. The number of aromatic nitrogens is 7. The Balaban J connectivity index is 1.55. The molecule has 2 fully saturated rings. The summed E-state index contributed by atoms with van der Waals surface area (Å²) in [5.74, 6) is 2.58. The normalized spacial score (nSPS) is 18.6. The van der Waals surface area contributed by atoms with E-state index in [1.165, 1.54) is 11.9 Å². The topological polar surface area (TPSA) is 133 Å². The van der Waals surface area contributed by atoms with Gasteiger partial charge in [0.25, 0.3) is 0 Å². The van der Waals surface area contributed by atoms with Crippen molar-refractivity contribution in [2.24, 2.45) is 0 Å². The number of fused-ring (bicyclic) bond motifs is 1. The molecule has 4 aromatic heterocycles. The lowest BCUT2D eigenvalue weighted by molar-refractivity contribution is 0.386. The summed E-state index contributed by atoms with van der Waals surface area (Å²) in [4.78, 5) is 18.4. The molecule has 0 aromatic carbocycles. The molecular formula is C23H27N9O. The molecule has 1 saturated heterocycles. The minimum atomic E-state index is 0.0894. The first-order valence-corrected chi connectivity index (χ1v) is 11.6. The molecule has 2 aliphatic rings. The lowest BCUT2D eigenvalue weighted by Crippen LogP contribution is -2.10. The summed E-state index contributed by atoms with van der Waals surface area (Å²) in [7, 11) is 0. The fourth-order valence-corrected chi connectivity index (χ4v) is 4.74. The van der Waals surface area contributed by atoms with E-state index >= 15 is 0 Å². The number of anilines is 1. The third-order valence-corrected chi connectivity index (χ3v) is 6.64. The van der Waals surface area contributed by atoms with Crippen molar-refractivity contribution in [1.29, 1.82) is 0 Å². The molecule has 6 rings (SSSR count). The summed E-state index contributed by atoms with van der Waals surface area (Å²) in [5, 5.41) is 13.4. The molecule has 1 saturated carbocycles. The zero-order chi connectivity index (χ0) is 22.7. The van der Waals surface area contributed by atoms with Gasteiger partial charge in [-0.2, -0.15) is 5.10 Å². The van der Waals surface area contributed by atoms with Gasteiger partial charge in [0.1, 0.15) is 23.5 Å². The molecule has 0 radical (unpaired) electrons. The van der Waals surface area contributed by atoms with Crippen LogP contribution < -0.4 is 11.1 Å². The lowest BCUT2D eigenvalue weighted by Gasteiger charge is -2.12. The molecule has 3 N–H and O–H groups in total. The van der Waals surface area contributed by atoms with Crippen molar-refractivity contribution < 1.29 is 4.52 Å². The van der Waals surface area contributed by atoms with Crippen LogP contribution in [0.25, 0.3) is 33.8 Å². The van der Waals surface area contributed by atoms with Crippen molar-refractivity contribution in [3.8, 4) is 22.8 Å². The molecule has 0 spiro atoms. The first-order valence-electron chi connectivity index (χ1n) is 11.6. The molecule has 10 nitrogen and oxygen atoms in total. The van der Waals surface area contributed by atoms with Gasteiger partial charge in [-0.05, 0) is 52.1 Å². The summed E-state index contributed by atoms with van der Waals surface area (Å²) in [6.45, 7) is 8.15. The van der Waals surface area contributed by atoms with Crippen LogP contribution in [0.3, 0.4) is 0 Å². The second-order valence-corrected chi connectivity index (χ2v) is 9.31. The average molecular weight is 446 g/mol. The van der Waals surface area contributed by atoms with E-state index in [1.807, 2.05) is 10.9 Å². The first kappa shape index (κ1) is 20.2. The Bertz CT molecular complexity index is 1350. The minimum Gasteiger partial charge on any atom is -0.383 e. The van der Waals surface area contributed by atoms with Crippen LogP contribution in [-0.2, 0) is 0 Å². The van der Waals surface area contributed by atoms with Gasteiger partial charge in [0, 0.05) is 36.3 Å². The van der Waals surface area contributed by atoms with E-state index in [1.54, 1.807) is 0 Å². The molecule has 10 heteroatoms. The standard InChI is InChI=1S/C23H27N9O/c1-11(2)32-23-17(21(24)27-10-28-23)18(30-32)19-16(20(33-31-19)13-4-5-13)22-26-9-15(12(3)29-22)14-6-7-25-8-14/h9-11,13-14,25H,4-8H2,1-3H3,(H2,24,27,28)/t14-/m1/s1. The van der Waals surface area contributed by atoms with Crippen LogP contribution in [0, 0.1) is 6.92 Å². The Morgan fingerprint density at radius 2 is 1.97 bits per heavy atom. The van der Waals surface area contributed by atoms with Gasteiger partial charge in [-0.1, -0.05) is 5.16 Å². The van der Waals surface area contributed by atoms with E-state index in [0.717, 1.165) is 49.4 Å². The van der Waals surface area contributed by atoms with Crippen LogP contribution in [-0.4, -0.2) is 48.0 Å². The number of hydrogen-bond donors (Lipinski definition) is 2. The summed E-state index contributed by atoms with van der Waals surface area (Å²) >= 11 is 0. The first-order chi connectivity index (χ1) is 16.0. The zero-order valence-electron chi connectivity index (χ0n) is 19.0. The monoisotopic (exact) mass is 445 g/mol. The Morgan fingerprint density at radius 3 is 2.67 bits per heavy atom. The van der Waals surface area contributed by atoms with Gasteiger partial charge in [-0.25, -0.2) is 24.6 Å². The molecule has 5 heterocycles. The van der Waals surface area contributed by atoms with E-state index in [-0.39, 0.29) is 6.04 Å². The molecule has 4 aromatic rings. The van der Waals surface area contributed by atoms with E-state index in [4.69, 9.17) is 25.3 Å². The van der Waals surface area contributed by atoms with Crippen LogP contribution >= 0.6 is 0 Å². The quantitative estimate of drug-likeness (QED) is 0.474. The van der Waals surface area contributed by atoms with Crippen LogP contribution in [0.5, 0.6) is 0 Å². The Kier molecular flexibility index (Phi) is 4.65. The number of hydrogen-bond acceptors (Lipinski definition) is 9. The SMILES string of the molecule is Cc1nc(-c2c(-c3nn(C(C)C)c4ncnc(N)c34)noc2C2CC2)ncc1[C@@H]1CCNC1. The van der Waals surface area contributed by atoms with E-state index in [0.29, 0.717) is 45.9 Å². The molecule has 170 valence electrons. The third kappa shape index (κ3) is 3.28. The highest BCUT2D eigenvalue weighted by Gasteiger charge is 2.36. The molecule has 0 bridgehead atoms. The number of rotatable bonds is 5. The van der Waals surface area contributed by atoms with Gasteiger partial charge in [0.2, 0.25) is 0 Å². The van der Waals surface area contributed by atoms with Crippen LogP contribution in [0.4, 0.5) is 5.82 Å². The number of nitrogens with one attached hydrogen (secondary N) is 1. The van der Waals surface area contributed by atoms with Crippen molar-refractivity contribution in [1.82, 2.24) is 40.2 Å². The molecule has 33 heavy (non-hydrogen) atoms. The lowest BCUT2D eigenvalue weighted by atomic mass is 9.98. The van der Waals surface area contributed by atoms with Crippen molar-refractivity contribution in [2.45, 2.75) is 57.9 Å². The van der Waals surface area contributed by atoms with Crippen molar-refractivity contribution in [3.63, 3.8) is 0 Å². The highest BCUT2D eigenvalue weighted by molar-refractivity contribution is 6.00. The van der Waals surface area contributed by atoms with Crippen molar-refractivity contribution in [3.05, 3.63) is 29.5 Å². The maximum Gasteiger partial charge on any atom is 0.165 e. The summed E-state index contributed by atoms with van der Waals surface area (Å²) in [5.41, 5.74) is 11.2. The zero-order valence-corrected chi connectivity index (χ0v) is 19.0. The highest BCUT2D eigenvalue weighted by atomic mass is 16.5. The predicted molar refractivity (Wildman–Crippen MR) is 124 cm³/mol. The molecule has 1 aliphatic carbocycles. The number of nitrogens with two attached hydrogens (primary N) is 1. The van der Waals surface area contributed by atoms with Crippen molar-refractivity contribution >= 4 is 16.9 Å². The Hall–Kier alpha value is -3.40. The maximum atomic E-state index is 6.29. The molecule has 0 unspecified atom stereocenters. The second kappa shape index (κ2) is 7.58. The van der Waals surface area contributed by atoms with Crippen molar-refractivity contribution in [2.75, 3.05) is 18.8 Å². The largest absolute Gasteiger partial charge is 0.383 e. The Morgan fingerprint density at radius 1 is 1.12 bits per heavy atom. The number of nitrogens with zero attached hydrogens (tertiary/aromatic N) is 7. The fourth-order valence-electron chi connectivity index (χ4n) is 4.74. The predicted octanol–water partition coefficient (Wildman–Crippen LogP) is 3.36. The molecule has 1 aliphatic heterocycles. The van der Waals surface area contributed by atoms with Gasteiger partial charge < -0.3 is 15.6 Å². The van der Waals surface area contributed by atoms with Gasteiger partial charge in [-0.3, -0.25) is 0 Å². The Labute approximate surface area is 191 Å². The highest BCUT2D eigenvalue weighted by Crippen LogP contribution is 2.48. The summed E-state index contributed by atoms with van der Waals surface area (Å²) in [6.07, 6.45) is 6.67. The summed E-state index contributed by atoms with van der Waals surface area (Å²) in [6, 6.07) is 0.0894. The van der Waals surface area contributed by atoms with Gasteiger partial charge in [0.15, 0.2) is 17.2 Å². The third-order valence-electron chi connectivity index (χ3n) is 6.64. The maximum absolute atomic E-state index is 6.29. The van der Waals surface area contributed by atoms with Gasteiger partial charge in [0.05, 0.1) is 10.9 Å². The average Bonchev–Trinajstić information content (AvgIpc) is 3.19. The van der Waals surface area contributed by atoms with Gasteiger partial charge >= 0.3 is 0 Å². The molecule has 0 amide bonds. The van der Waals surface area contributed by atoms with Crippen LogP contribution in [0.15, 0.2) is 17.0 Å². The van der Waals surface area contributed by atoms with Crippen LogP contribution in [0.2, 0.25) is 0 Å². The van der Waals surface area contributed by atoms with E-state index in [2.05, 4.69) is 41.2 Å². The minimum absolute atomic E-state index is 0.0894. The molecular weight excluding hydrogens is 418 g/mol. The smallest absolute Gasteiger partial charge is 0.165 e. The number of nitrogen functional groups attached to an aromatic ring is 1. The van der Waals surface area contributed by atoms with E-state index in [9.17, 15) is 0 Å². The number of aryl methyl sites for hydroxylation is 1. The summed E-state index contributed by atoms with van der Waals surface area (Å²) < 4.78 is 7.73. The van der Waals surface area contributed by atoms with E-state index < -0.39 is 0 Å². The fraction of sp³-hybridized carbons (Fsp3) is 0.478. The van der Waals surface area contributed by atoms with Crippen LogP contribution in [0.1, 0.15) is 68.0 Å².